The maximum Gasteiger partial charge on any atom is 0.351 e. The van der Waals surface area contributed by atoms with Gasteiger partial charge in [-0.15, -0.1) is 0 Å². The van der Waals surface area contributed by atoms with Crippen LogP contribution in [0.1, 0.15) is 6.23 Å². The summed E-state index contributed by atoms with van der Waals surface area (Å²) in [6.45, 7) is -0.411. The van der Waals surface area contributed by atoms with Crippen molar-refractivity contribution < 1.29 is 24.1 Å². The molecule has 0 bridgehead atoms. The van der Waals surface area contributed by atoms with Crippen LogP contribution < -0.4 is 11.4 Å². The van der Waals surface area contributed by atoms with Gasteiger partial charge in [0.25, 0.3) is 0 Å². The summed E-state index contributed by atoms with van der Waals surface area (Å²) in [5.41, 5.74) is 4.30. The molecular formula is C10H14FN3O5. The molecule has 0 unspecified atom stereocenters. The van der Waals surface area contributed by atoms with Gasteiger partial charge in [-0.2, -0.15) is 4.98 Å². The first-order valence-corrected chi connectivity index (χ1v) is 5.51. The van der Waals surface area contributed by atoms with Crippen molar-refractivity contribution >= 4 is 5.82 Å². The molecule has 4 atom stereocenters. The Bertz CT molecular complexity index is 522. The summed E-state index contributed by atoms with van der Waals surface area (Å²) in [4.78, 5) is 14.9. The van der Waals surface area contributed by atoms with Crippen molar-refractivity contribution in [3.8, 4) is 0 Å². The smallest absolute Gasteiger partial charge is 0.351 e. The van der Waals surface area contributed by atoms with E-state index in [1.165, 1.54) is 7.11 Å². The fourth-order valence-electron chi connectivity index (χ4n) is 2.03. The molecule has 1 aliphatic rings. The molecular weight excluding hydrogens is 261 g/mol. The lowest BCUT2D eigenvalue weighted by molar-refractivity contribution is -0.0571. The second-order valence-electron chi connectivity index (χ2n) is 4.10. The first kappa shape index (κ1) is 13.9. The molecule has 2 rings (SSSR count). The van der Waals surface area contributed by atoms with E-state index < -0.39 is 48.5 Å². The summed E-state index contributed by atoms with van der Waals surface area (Å²) >= 11 is 0. The summed E-state index contributed by atoms with van der Waals surface area (Å²) in [6.07, 6.45) is -3.30. The van der Waals surface area contributed by atoms with Crippen LogP contribution in [0.25, 0.3) is 0 Å². The number of hydrogen-bond acceptors (Lipinski definition) is 7. The van der Waals surface area contributed by atoms with Crippen molar-refractivity contribution in [3.63, 3.8) is 0 Å². The van der Waals surface area contributed by atoms with Crippen molar-refractivity contribution in [2.45, 2.75) is 24.5 Å². The number of aliphatic hydroxyl groups is 2. The lowest BCUT2D eigenvalue weighted by Crippen LogP contribution is -2.37. The lowest BCUT2D eigenvalue weighted by Gasteiger charge is -2.18. The fourth-order valence-corrected chi connectivity index (χ4v) is 2.03. The Morgan fingerprint density at radius 1 is 1.68 bits per heavy atom. The number of methoxy groups -OCH3 is 1. The van der Waals surface area contributed by atoms with Crippen LogP contribution in [0.3, 0.4) is 0 Å². The van der Waals surface area contributed by atoms with Gasteiger partial charge in [0.05, 0.1) is 12.8 Å². The number of nitrogens with zero attached hydrogens (tertiary/aromatic N) is 2. The Balaban J connectivity index is 2.38. The summed E-state index contributed by atoms with van der Waals surface area (Å²) in [5.74, 6) is -1.44. The number of nitrogen functional groups attached to an aromatic ring is 1. The molecule has 1 aliphatic heterocycles. The molecule has 19 heavy (non-hydrogen) atoms. The maximum absolute atomic E-state index is 13.3. The summed E-state index contributed by atoms with van der Waals surface area (Å²) in [5, 5.41) is 19.1. The second-order valence-corrected chi connectivity index (χ2v) is 4.10. The van der Waals surface area contributed by atoms with Crippen LogP contribution >= 0.6 is 0 Å². The molecule has 0 spiro atoms. The van der Waals surface area contributed by atoms with Gasteiger partial charge in [-0.3, -0.25) is 4.57 Å². The van der Waals surface area contributed by atoms with E-state index in [9.17, 15) is 14.3 Å². The predicted molar refractivity (Wildman–Crippen MR) is 60.7 cm³/mol. The molecule has 1 aromatic rings. The van der Waals surface area contributed by atoms with E-state index in [4.69, 9.17) is 20.3 Å². The second kappa shape index (κ2) is 5.21. The highest BCUT2D eigenvalue weighted by atomic mass is 19.1. The van der Waals surface area contributed by atoms with Crippen LogP contribution in [-0.2, 0) is 9.47 Å². The number of halogens is 1. The van der Waals surface area contributed by atoms with Crippen LogP contribution in [0.2, 0.25) is 0 Å². The van der Waals surface area contributed by atoms with Gasteiger partial charge < -0.3 is 25.4 Å². The third kappa shape index (κ3) is 2.32. The molecule has 4 N–H and O–H groups in total. The fraction of sp³-hybridized carbons (Fsp3) is 0.600. The van der Waals surface area contributed by atoms with Crippen LogP contribution in [0.5, 0.6) is 0 Å². The third-order valence-electron chi connectivity index (χ3n) is 2.97. The Morgan fingerprint density at radius 2 is 2.37 bits per heavy atom. The number of aromatic nitrogens is 2. The predicted octanol–water partition coefficient (Wildman–Crippen LogP) is -1.77. The Hall–Kier alpha value is -1.55. The molecule has 0 amide bonds. The van der Waals surface area contributed by atoms with E-state index in [0.717, 1.165) is 10.8 Å². The maximum atomic E-state index is 13.3. The van der Waals surface area contributed by atoms with Crippen LogP contribution in [0.15, 0.2) is 11.0 Å². The molecule has 0 aliphatic carbocycles. The molecule has 1 fully saturated rings. The summed E-state index contributed by atoms with van der Waals surface area (Å²) in [7, 11) is 1.33. The number of anilines is 1. The van der Waals surface area contributed by atoms with Gasteiger partial charge in [0.2, 0.25) is 0 Å². The van der Waals surface area contributed by atoms with Crippen LogP contribution in [-0.4, -0.2) is 51.8 Å². The van der Waals surface area contributed by atoms with Crippen molar-refractivity contribution in [3.05, 3.63) is 22.5 Å². The summed E-state index contributed by atoms with van der Waals surface area (Å²) in [6, 6.07) is 0. The van der Waals surface area contributed by atoms with E-state index >= 15 is 0 Å². The SMILES string of the molecule is CO[C@H]1[C@@H](O)[C@H](n2cc(F)c(N)nc2=O)O[C@@H]1CO. The zero-order chi connectivity index (χ0) is 14.2. The molecule has 106 valence electrons. The normalized spacial score (nSPS) is 30.7. The van der Waals surface area contributed by atoms with E-state index in [1.807, 2.05) is 0 Å². The van der Waals surface area contributed by atoms with E-state index in [0.29, 0.717) is 0 Å². The Labute approximate surface area is 107 Å². The highest BCUT2D eigenvalue weighted by Gasteiger charge is 2.45. The number of rotatable bonds is 3. The number of aliphatic hydroxyl groups excluding tert-OH is 2. The summed E-state index contributed by atoms with van der Waals surface area (Å²) < 4.78 is 24.4. The van der Waals surface area contributed by atoms with E-state index in [-0.39, 0.29) is 0 Å². The van der Waals surface area contributed by atoms with Crippen molar-refractivity contribution in [2.75, 3.05) is 19.5 Å². The monoisotopic (exact) mass is 275 g/mol. The van der Waals surface area contributed by atoms with Gasteiger partial charge in [0.15, 0.2) is 17.9 Å². The quantitative estimate of drug-likeness (QED) is 0.597. The zero-order valence-corrected chi connectivity index (χ0v) is 10.1. The van der Waals surface area contributed by atoms with Gasteiger partial charge in [-0.1, -0.05) is 0 Å². The number of ether oxygens (including phenoxy) is 2. The first-order valence-electron chi connectivity index (χ1n) is 5.51. The molecule has 2 heterocycles. The van der Waals surface area contributed by atoms with Gasteiger partial charge in [-0.25, -0.2) is 9.18 Å². The van der Waals surface area contributed by atoms with Crippen molar-refractivity contribution in [2.24, 2.45) is 0 Å². The Kier molecular flexibility index (Phi) is 3.80. The standard InChI is InChI=1S/C10H14FN3O5/c1-18-7-5(3-15)19-9(6(7)16)14-2-4(11)8(12)13-10(14)17/h2,5-7,9,15-16H,3H2,1H3,(H2,12,13,17)/t5-,6-,7-,9-/m1/s1. The molecule has 8 nitrogen and oxygen atoms in total. The lowest BCUT2D eigenvalue weighted by atomic mass is 10.1. The van der Waals surface area contributed by atoms with Crippen LogP contribution in [0, 0.1) is 5.82 Å². The van der Waals surface area contributed by atoms with Gasteiger partial charge >= 0.3 is 5.69 Å². The van der Waals surface area contributed by atoms with E-state index in [2.05, 4.69) is 4.98 Å². The molecule has 0 radical (unpaired) electrons. The largest absolute Gasteiger partial charge is 0.394 e. The number of nitrogens with two attached hydrogens (primary N) is 1. The van der Waals surface area contributed by atoms with Gasteiger partial charge in [0.1, 0.15) is 18.3 Å². The molecule has 1 saturated heterocycles. The highest BCUT2D eigenvalue weighted by Crippen LogP contribution is 2.30. The minimum absolute atomic E-state index is 0.411. The minimum atomic E-state index is -1.25. The topological polar surface area (TPSA) is 120 Å². The van der Waals surface area contributed by atoms with Gasteiger partial charge in [0, 0.05) is 7.11 Å². The van der Waals surface area contributed by atoms with Crippen LogP contribution in [0.4, 0.5) is 10.2 Å². The third-order valence-corrected chi connectivity index (χ3v) is 2.97. The molecule has 0 saturated carbocycles. The average Bonchev–Trinajstić information content (AvgIpc) is 2.70. The number of hydrogen-bond donors (Lipinski definition) is 3. The van der Waals surface area contributed by atoms with Crippen molar-refractivity contribution in [1.29, 1.82) is 0 Å². The molecule has 9 heteroatoms. The highest BCUT2D eigenvalue weighted by molar-refractivity contribution is 5.26. The first-order chi connectivity index (χ1) is 8.99. The van der Waals surface area contributed by atoms with Gasteiger partial charge in [-0.05, 0) is 0 Å². The molecule has 0 aromatic carbocycles. The Morgan fingerprint density at radius 3 is 2.89 bits per heavy atom. The zero-order valence-electron chi connectivity index (χ0n) is 10.1. The average molecular weight is 275 g/mol. The minimum Gasteiger partial charge on any atom is -0.394 e. The van der Waals surface area contributed by atoms with E-state index in [1.54, 1.807) is 0 Å². The van der Waals surface area contributed by atoms with Crippen molar-refractivity contribution in [1.82, 2.24) is 9.55 Å². The molecule has 1 aromatic heterocycles.